The molecule has 6 nitrogen and oxygen atoms in total. The summed E-state index contributed by atoms with van der Waals surface area (Å²) in [6.07, 6.45) is 5.28. The van der Waals surface area contributed by atoms with Gasteiger partial charge < -0.3 is 30.0 Å². The molecule has 4 rings (SSSR count). The molecule has 2 aromatic rings. The summed E-state index contributed by atoms with van der Waals surface area (Å²) in [5, 5.41) is 44.3. The van der Waals surface area contributed by atoms with Gasteiger partial charge in [0.25, 0.3) is 0 Å². The van der Waals surface area contributed by atoms with E-state index in [1.807, 2.05) is 7.05 Å². The van der Waals surface area contributed by atoms with Crippen molar-refractivity contribution in [3.05, 3.63) is 17.4 Å². The first-order chi connectivity index (χ1) is 13.1. The van der Waals surface area contributed by atoms with E-state index in [4.69, 9.17) is 4.42 Å². The Hall–Kier alpha value is -1.70. The summed E-state index contributed by atoms with van der Waals surface area (Å²) >= 11 is 0. The first-order valence-electron chi connectivity index (χ1n) is 10.2. The lowest BCUT2D eigenvalue weighted by Crippen LogP contribution is -2.44. The fourth-order valence-electron chi connectivity index (χ4n) is 6.20. The summed E-state index contributed by atoms with van der Waals surface area (Å²) in [6.45, 7) is 6.95. The van der Waals surface area contributed by atoms with Crippen LogP contribution in [0.5, 0.6) is 11.5 Å². The highest BCUT2D eigenvalue weighted by Gasteiger charge is 2.52. The van der Waals surface area contributed by atoms with Crippen LogP contribution in [0.15, 0.2) is 10.5 Å². The second kappa shape index (κ2) is 6.41. The van der Waals surface area contributed by atoms with Gasteiger partial charge >= 0.3 is 7.12 Å². The van der Waals surface area contributed by atoms with E-state index in [1.54, 1.807) is 0 Å². The van der Waals surface area contributed by atoms with Gasteiger partial charge in [0, 0.05) is 10.9 Å². The predicted octanol–water partition coefficient (Wildman–Crippen LogP) is 2.66. The minimum atomic E-state index is -1.94. The third kappa shape index (κ3) is 2.60. The Kier molecular flexibility index (Phi) is 4.49. The molecule has 0 radical (unpaired) electrons. The lowest BCUT2D eigenvalue weighted by Gasteiger charge is -2.50. The molecule has 3 atom stereocenters. The number of rotatable bonds is 2. The molecule has 5 N–H and O–H groups in total. The number of furan rings is 1. The average molecular weight is 387 g/mol. The quantitative estimate of drug-likeness (QED) is 0.401. The minimum Gasteiger partial charge on any atom is -0.504 e. The SMILES string of the molecule is CNC1CC[C@@H]2C(C)(C)CCC[C@@]2(C)c2c1oc1c(B(O)O)c(O)c(O)cc21. The number of fused-ring (bicyclic) bond motifs is 5. The van der Waals surface area contributed by atoms with Crippen LogP contribution in [0, 0.1) is 11.3 Å². The summed E-state index contributed by atoms with van der Waals surface area (Å²) in [5.74, 6) is 0.315. The maximum absolute atomic E-state index is 10.3. The number of nitrogens with one attached hydrogen (secondary N) is 1. The number of phenols is 2. The molecule has 1 aromatic heterocycles. The van der Waals surface area contributed by atoms with Crippen LogP contribution in [0.3, 0.4) is 0 Å². The van der Waals surface area contributed by atoms with Crippen LogP contribution in [0.2, 0.25) is 0 Å². The van der Waals surface area contributed by atoms with Gasteiger partial charge in [0.05, 0.1) is 11.5 Å². The summed E-state index contributed by atoms with van der Waals surface area (Å²) in [4.78, 5) is 0. The molecule has 1 fully saturated rings. The van der Waals surface area contributed by atoms with Crippen molar-refractivity contribution in [2.45, 2.75) is 64.3 Å². The molecule has 1 heterocycles. The van der Waals surface area contributed by atoms with Gasteiger partial charge in [-0.3, -0.25) is 0 Å². The molecular formula is C21H30BNO5. The lowest BCUT2D eigenvalue weighted by molar-refractivity contribution is 0.0500. The molecule has 0 saturated heterocycles. The van der Waals surface area contributed by atoms with Crippen LogP contribution in [0.25, 0.3) is 11.0 Å². The first kappa shape index (κ1) is 19.6. The van der Waals surface area contributed by atoms with Crippen LogP contribution in [-0.2, 0) is 5.41 Å². The van der Waals surface area contributed by atoms with Crippen molar-refractivity contribution < 1.29 is 24.7 Å². The Morgan fingerprint density at radius 2 is 1.86 bits per heavy atom. The number of phenolic OH excluding ortho intramolecular Hbond substituents is 2. The van der Waals surface area contributed by atoms with E-state index in [1.165, 1.54) is 12.5 Å². The molecular weight excluding hydrogens is 357 g/mol. The van der Waals surface area contributed by atoms with Crippen molar-refractivity contribution in [3.8, 4) is 11.5 Å². The van der Waals surface area contributed by atoms with Crippen LogP contribution in [-0.4, -0.2) is 34.4 Å². The van der Waals surface area contributed by atoms with E-state index in [2.05, 4.69) is 26.1 Å². The van der Waals surface area contributed by atoms with E-state index in [-0.39, 0.29) is 33.7 Å². The highest BCUT2D eigenvalue weighted by atomic mass is 16.4. The summed E-state index contributed by atoms with van der Waals surface area (Å²) in [6, 6.07) is 1.51. The van der Waals surface area contributed by atoms with Gasteiger partial charge in [0.15, 0.2) is 11.5 Å². The zero-order chi connectivity index (χ0) is 20.4. The van der Waals surface area contributed by atoms with Crippen LogP contribution in [0.4, 0.5) is 0 Å². The highest BCUT2D eigenvalue weighted by molar-refractivity contribution is 6.63. The standard InChI is InChI=1S/C21H30BNO5/c1-20(2)8-5-9-21(3)14(20)7-6-12(23-4)19-15(21)11-10-13(24)17(25)16(22(26)27)18(11)28-19/h10,12,14,23-27H,5-9H2,1-4H3/t12?,14-,21-/m1/s1. The molecule has 1 saturated carbocycles. The molecule has 7 heteroatoms. The van der Waals surface area contributed by atoms with Crippen molar-refractivity contribution in [2.24, 2.45) is 11.3 Å². The van der Waals surface area contributed by atoms with Crippen LogP contribution in [0.1, 0.15) is 70.2 Å². The van der Waals surface area contributed by atoms with Gasteiger partial charge in [-0.05, 0) is 55.5 Å². The summed E-state index contributed by atoms with van der Waals surface area (Å²) in [5.41, 5.74) is 1.13. The Bertz CT molecular complexity index is 921. The molecule has 0 spiro atoms. The van der Waals surface area contributed by atoms with Gasteiger partial charge in [-0.25, -0.2) is 0 Å². The zero-order valence-corrected chi connectivity index (χ0v) is 17.0. The van der Waals surface area contributed by atoms with Crippen molar-refractivity contribution in [3.63, 3.8) is 0 Å². The second-order valence-electron chi connectivity index (χ2n) is 9.48. The number of hydrogen-bond donors (Lipinski definition) is 5. The molecule has 1 aromatic carbocycles. The topological polar surface area (TPSA) is 106 Å². The zero-order valence-electron chi connectivity index (χ0n) is 17.0. The molecule has 0 bridgehead atoms. The maximum Gasteiger partial charge on any atom is 0.496 e. The normalized spacial score (nSPS) is 29.2. The van der Waals surface area contributed by atoms with Gasteiger partial charge in [-0.2, -0.15) is 0 Å². The Morgan fingerprint density at radius 3 is 2.50 bits per heavy atom. The van der Waals surface area contributed by atoms with E-state index >= 15 is 0 Å². The molecule has 28 heavy (non-hydrogen) atoms. The lowest BCUT2D eigenvalue weighted by atomic mass is 9.53. The van der Waals surface area contributed by atoms with Crippen molar-refractivity contribution in [2.75, 3.05) is 7.05 Å². The maximum atomic E-state index is 10.3. The highest BCUT2D eigenvalue weighted by Crippen LogP contribution is 2.59. The van der Waals surface area contributed by atoms with Gasteiger partial charge in [0.1, 0.15) is 11.3 Å². The van der Waals surface area contributed by atoms with E-state index in [0.717, 1.165) is 37.0 Å². The monoisotopic (exact) mass is 387 g/mol. The Balaban J connectivity index is 2.09. The van der Waals surface area contributed by atoms with Crippen LogP contribution < -0.4 is 10.8 Å². The molecule has 152 valence electrons. The second-order valence-corrected chi connectivity index (χ2v) is 9.48. The van der Waals surface area contributed by atoms with Crippen molar-refractivity contribution in [1.82, 2.24) is 5.32 Å². The third-order valence-corrected chi connectivity index (χ3v) is 7.46. The molecule has 0 amide bonds. The largest absolute Gasteiger partial charge is 0.504 e. The summed E-state index contributed by atoms with van der Waals surface area (Å²) < 4.78 is 6.23. The van der Waals surface area contributed by atoms with Crippen LogP contribution >= 0.6 is 0 Å². The Morgan fingerprint density at radius 1 is 1.14 bits per heavy atom. The molecule has 1 unspecified atom stereocenters. The fraction of sp³-hybridized carbons (Fsp3) is 0.619. The number of benzene rings is 1. The fourth-order valence-corrected chi connectivity index (χ4v) is 6.20. The average Bonchev–Trinajstić information content (AvgIpc) is 2.90. The molecule has 0 aliphatic heterocycles. The minimum absolute atomic E-state index is 0.00593. The Labute approximate surface area is 165 Å². The molecule has 2 aliphatic rings. The van der Waals surface area contributed by atoms with E-state index in [0.29, 0.717) is 11.3 Å². The first-order valence-corrected chi connectivity index (χ1v) is 10.2. The molecule has 2 aliphatic carbocycles. The van der Waals surface area contributed by atoms with Crippen molar-refractivity contribution in [1.29, 1.82) is 0 Å². The van der Waals surface area contributed by atoms with E-state index in [9.17, 15) is 20.3 Å². The van der Waals surface area contributed by atoms with E-state index < -0.39 is 12.9 Å². The number of hydrogen-bond acceptors (Lipinski definition) is 6. The van der Waals surface area contributed by atoms with Gasteiger partial charge in [0.2, 0.25) is 0 Å². The van der Waals surface area contributed by atoms with Crippen molar-refractivity contribution >= 4 is 23.6 Å². The van der Waals surface area contributed by atoms with Gasteiger partial charge in [-0.1, -0.05) is 27.2 Å². The van der Waals surface area contributed by atoms with Gasteiger partial charge in [-0.15, -0.1) is 0 Å². The smallest absolute Gasteiger partial charge is 0.496 e. The predicted molar refractivity (Wildman–Crippen MR) is 109 cm³/mol. The summed E-state index contributed by atoms with van der Waals surface area (Å²) in [7, 11) is -0.0373. The third-order valence-electron chi connectivity index (χ3n) is 7.46. The number of aromatic hydroxyl groups is 2.